The quantitative estimate of drug-likeness (QED) is 0.462. The van der Waals surface area contributed by atoms with Crippen molar-refractivity contribution in [2.75, 3.05) is 17.2 Å². The molecule has 0 fully saturated rings. The molecule has 1 aromatic heterocycles. The van der Waals surface area contributed by atoms with Crippen molar-refractivity contribution >= 4 is 23.4 Å². The number of rotatable bonds is 8. The van der Waals surface area contributed by atoms with Gasteiger partial charge < -0.3 is 10.0 Å². The molecule has 0 aliphatic carbocycles. The van der Waals surface area contributed by atoms with Gasteiger partial charge in [0.2, 0.25) is 5.91 Å². The maximum atomic E-state index is 12.7. The van der Waals surface area contributed by atoms with Crippen LogP contribution in [0.1, 0.15) is 6.92 Å². The number of hydrogen-bond acceptors (Lipinski definition) is 5. The van der Waals surface area contributed by atoms with Gasteiger partial charge in [-0.1, -0.05) is 48.2 Å². The monoisotopic (exact) mass is 394 g/mol. The number of thioether (sulfide) groups is 1. The van der Waals surface area contributed by atoms with E-state index in [9.17, 15) is 9.90 Å². The molecule has 1 amide bonds. The number of benzene rings is 2. The highest BCUT2D eigenvalue weighted by Crippen LogP contribution is 2.30. The molecule has 0 aliphatic rings. The van der Waals surface area contributed by atoms with Crippen molar-refractivity contribution in [1.82, 2.24) is 14.8 Å². The highest BCUT2D eigenvalue weighted by molar-refractivity contribution is 7.99. The molecule has 0 unspecified atom stereocenters. The summed E-state index contributed by atoms with van der Waals surface area (Å²) < 4.78 is 1.85. The van der Waals surface area contributed by atoms with Gasteiger partial charge in [-0.3, -0.25) is 9.36 Å². The summed E-state index contributed by atoms with van der Waals surface area (Å²) in [5.41, 5.74) is 1.47. The van der Waals surface area contributed by atoms with E-state index in [0.29, 0.717) is 29.6 Å². The van der Waals surface area contributed by atoms with E-state index < -0.39 is 0 Å². The van der Waals surface area contributed by atoms with E-state index in [1.165, 1.54) is 11.8 Å². The molecule has 7 heteroatoms. The van der Waals surface area contributed by atoms with Crippen LogP contribution in [0.4, 0.5) is 5.69 Å². The molecule has 0 spiro atoms. The first kappa shape index (κ1) is 19.7. The van der Waals surface area contributed by atoms with Crippen molar-refractivity contribution in [1.29, 1.82) is 0 Å². The lowest BCUT2D eigenvalue weighted by molar-refractivity contribution is -0.116. The first-order chi connectivity index (χ1) is 13.7. The standard InChI is InChI=1S/C21H22N4O2S/c1-3-14-25-20(17-12-8-9-13-18(17)26)22-23-21(25)28-15-19(27)24(4-2)16-10-6-5-7-11-16/h3,5-13,26H,1,4,14-15H2,2H3. The fraction of sp³-hybridized carbons (Fsp3) is 0.190. The van der Waals surface area contributed by atoms with Crippen LogP contribution in [0.5, 0.6) is 5.75 Å². The smallest absolute Gasteiger partial charge is 0.237 e. The third kappa shape index (κ3) is 4.26. The molecule has 2 aromatic carbocycles. The molecular formula is C21H22N4O2S. The zero-order chi connectivity index (χ0) is 19.9. The van der Waals surface area contributed by atoms with Gasteiger partial charge in [-0.05, 0) is 31.2 Å². The first-order valence-electron chi connectivity index (χ1n) is 8.96. The largest absolute Gasteiger partial charge is 0.507 e. The Bertz CT molecular complexity index is 956. The molecule has 0 saturated carbocycles. The van der Waals surface area contributed by atoms with Crippen LogP contribution in [-0.4, -0.2) is 38.1 Å². The van der Waals surface area contributed by atoms with E-state index in [-0.39, 0.29) is 17.4 Å². The molecule has 3 rings (SSSR count). The van der Waals surface area contributed by atoms with E-state index in [0.717, 1.165) is 5.69 Å². The van der Waals surface area contributed by atoms with Gasteiger partial charge in [0, 0.05) is 18.8 Å². The molecule has 1 heterocycles. The topological polar surface area (TPSA) is 71.2 Å². The van der Waals surface area contributed by atoms with Gasteiger partial charge in [0.15, 0.2) is 11.0 Å². The minimum atomic E-state index is -0.00374. The summed E-state index contributed by atoms with van der Waals surface area (Å²) in [5, 5.41) is 19.2. The summed E-state index contributed by atoms with van der Waals surface area (Å²) in [6, 6.07) is 16.6. The molecule has 144 valence electrons. The highest BCUT2D eigenvalue weighted by Gasteiger charge is 2.19. The molecule has 3 aromatic rings. The average Bonchev–Trinajstić information content (AvgIpc) is 3.11. The van der Waals surface area contributed by atoms with Crippen LogP contribution in [0, 0.1) is 0 Å². The van der Waals surface area contributed by atoms with Crippen molar-refractivity contribution in [2.45, 2.75) is 18.6 Å². The van der Waals surface area contributed by atoms with Crippen molar-refractivity contribution in [2.24, 2.45) is 0 Å². The number of carbonyl (C=O) groups is 1. The Kier molecular flexibility index (Phi) is 6.49. The number of anilines is 1. The predicted octanol–water partition coefficient (Wildman–Crippen LogP) is 3.98. The maximum Gasteiger partial charge on any atom is 0.237 e. The minimum Gasteiger partial charge on any atom is -0.507 e. The zero-order valence-electron chi connectivity index (χ0n) is 15.7. The highest BCUT2D eigenvalue weighted by atomic mass is 32.2. The van der Waals surface area contributed by atoms with Crippen molar-refractivity contribution in [3.8, 4) is 17.1 Å². The maximum absolute atomic E-state index is 12.7. The van der Waals surface area contributed by atoms with E-state index in [1.807, 2.05) is 47.9 Å². The number of aromatic nitrogens is 3. The van der Waals surface area contributed by atoms with Crippen molar-refractivity contribution in [3.05, 3.63) is 67.3 Å². The van der Waals surface area contributed by atoms with Gasteiger partial charge in [-0.2, -0.15) is 0 Å². The summed E-state index contributed by atoms with van der Waals surface area (Å²) in [7, 11) is 0. The van der Waals surface area contributed by atoms with Crippen LogP contribution in [0.25, 0.3) is 11.4 Å². The molecule has 6 nitrogen and oxygen atoms in total. The second kappa shape index (κ2) is 9.23. The third-order valence-electron chi connectivity index (χ3n) is 4.18. The minimum absolute atomic E-state index is 0.00374. The number of hydrogen-bond donors (Lipinski definition) is 1. The van der Waals surface area contributed by atoms with Crippen LogP contribution in [0.2, 0.25) is 0 Å². The number of allylic oxidation sites excluding steroid dienone is 1. The summed E-state index contributed by atoms with van der Waals surface area (Å²) in [6.07, 6.45) is 1.74. The summed E-state index contributed by atoms with van der Waals surface area (Å²) in [6.45, 7) is 6.80. The van der Waals surface area contributed by atoms with Crippen LogP contribution in [-0.2, 0) is 11.3 Å². The van der Waals surface area contributed by atoms with Crippen molar-refractivity contribution < 1.29 is 9.90 Å². The van der Waals surface area contributed by atoms with Gasteiger partial charge in [-0.15, -0.1) is 16.8 Å². The molecule has 0 atom stereocenters. The van der Waals surface area contributed by atoms with Gasteiger partial charge >= 0.3 is 0 Å². The number of aromatic hydroxyl groups is 1. The van der Waals surface area contributed by atoms with Crippen LogP contribution in [0.15, 0.2) is 72.4 Å². The Morgan fingerprint density at radius 3 is 2.57 bits per heavy atom. The SMILES string of the molecule is C=CCn1c(SCC(=O)N(CC)c2ccccc2)nnc1-c1ccccc1O. The first-order valence-corrected chi connectivity index (χ1v) is 9.95. The normalized spacial score (nSPS) is 10.6. The third-order valence-corrected chi connectivity index (χ3v) is 5.13. The average molecular weight is 395 g/mol. The molecule has 0 saturated heterocycles. The second-order valence-electron chi connectivity index (χ2n) is 5.98. The summed E-state index contributed by atoms with van der Waals surface area (Å²) in [4.78, 5) is 14.5. The van der Waals surface area contributed by atoms with E-state index in [4.69, 9.17) is 0 Å². The Morgan fingerprint density at radius 1 is 1.18 bits per heavy atom. The lowest BCUT2D eigenvalue weighted by atomic mass is 10.2. The van der Waals surface area contributed by atoms with Crippen molar-refractivity contribution in [3.63, 3.8) is 0 Å². The molecular weight excluding hydrogens is 372 g/mol. The van der Waals surface area contributed by atoms with E-state index in [1.54, 1.807) is 29.2 Å². The second-order valence-corrected chi connectivity index (χ2v) is 6.93. The van der Waals surface area contributed by atoms with Crippen LogP contribution < -0.4 is 4.90 Å². The van der Waals surface area contributed by atoms with Crippen LogP contribution in [0.3, 0.4) is 0 Å². The Labute approximate surface area is 168 Å². The molecule has 0 aliphatic heterocycles. The summed E-state index contributed by atoms with van der Waals surface area (Å²) >= 11 is 1.32. The molecule has 0 bridgehead atoms. The van der Waals surface area contributed by atoms with Crippen LogP contribution >= 0.6 is 11.8 Å². The zero-order valence-corrected chi connectivity index (χ0v) is 16.5. The summed E-state index contributed by atoms with van der Waals surface area (Å²) in [5.74, 6) is 0.909. The number of para-hydroxylation sites is 2. The fourth-order valence-electron chi connectivity index (χ4n) is 2.87. The van der Waals surface area contributed by atoms with Gasteiger partial charge in [-0.25, -0.2) is 0 Å². The predicted molar refractivity (Wildman–Crippen MR) is 113 cm³/mol. The molecule has 1 N–H and O–H groups in total. The van der Waals surface area contributed by atoms with Gasteiger partial charge in [0.25, 0.3) is 0 Å². The number of amides is 1. The number of carbonyl (C=O) groups excluding carboxylic acids is 1. The lowest BCUT2D eigenvalue weighted by Crippen LogP contribution is -2.32. The Hall–Kier alpha value is -3.06. The number of phenolic OH excluding ortho intramolecular Hbond substituents is 1. The molecule has 0 radical (unpaired) electrons. The van der Waals surface area contributed by atoms with E-state index >= 15 is 0 Å². The Morgan fingerprint density at radius 2 is 1.89 bits per heavy atom. The number of nitrogens with zero attached hydrogens (tertiary/aromatic N) is 4. The number of phenols is 1. The van der Waals surface area contributed by atoms with Gasteiger partial charge in [0.05, 0.1) is 11.3 Å². The van der Waals surface area contributed by atoms with Gasteiger partial charge in [0.1, 0.15) is 5.75 Å². The lowest BCUT2D eigenvalue weighted by Gasteiger charge is -2.20. The Balaban J connectivity index is 1.80. The van der Waals surface area contributed by atoms with E-state index in [2.05, 4.69) is 16.8 Å². The fourth-order valence-corrected chi connectivity index (χ4v) is 3.69. The molecule has 28 heavy (non-hydrogen) atoms.